The highest BCUT2D eigenvalue weighted by molar-refractivity contribution is 7.90. The number of hydrogen-bond donors (Lipinski definition) is 1. The van der Waals surface area contributed by atoms with Crippen LogP contribution in [0.2, 0.25) is 0 Å². The van der Waals surface area contributed by atoms with Crippen LogP contribution in [-0.2, 0) is 14.6 Å². The molecule has 0 saturated carbocycles. The van der Waals surface area contributed by atoms with Crippen LogP contribution in [0, 0.1) is 12.3 Å². The van der Waals surface area contributed by atoms with E-state index >= 15 is 0 Å². The first-order chi connectivity index (χ1) is 5.95. The first-order valence-electron chi connectivity index (χ1n) is 3.79. The van der Waals surface area contributed by atoms with E-state index in [0.29, 0.717) is 6.54 Å². The Labute approximate surface area is 78.6 Å². The van der Waals surface area contributed by atoms with E-state index in [4.69, 9.17) is 6.42 Å². The number of ketones is 1. The van der Waals surface area contributed by atoms with Gasteiger partial charge in [-0.1, -0.05) is 5.92 Å². The van der Waals surface area contributed by atoms with Crippen LogP contribution in [0.5, 0.6) is 0 Å². The minimum Gasteiger partial charge on any atom is -0.299 e. The summed E-state index contributed by atoms with van der Waals surface area (Å²) in [7, 11) is -3.04. The van der Waals surface area contributed by atoms with E-state index < -0.39 is 9.84 Å². The molecule has 0 bridgehead atoms. The van der Waals surface area contributed by atoms with E-state index in [0.717, 1.165) is 6.26 Å². The molecular weight excluding hydrogens is 190 g/mol. The molecule has 0 aromatic rings. The van der Waals surface area contributed by atoms with Crippen LogP contribution in [0.4, 0.5) is 0 Å². The van der Waals surface area contributed by atoms with Crippen molar-refractivity contribution in [2.75, 3.05) is 25.1 Å². The zero-order valence-corrected chi connectivity index (χ0v) is 8.36. The van der Waals surface area contributed by atoms with Crippen molar-refractivity contribution in [1.82, 2.24) is 5.32 Å². The van der Waals surface area contributed by atoms with Crippen LogP contribution in [-0.4, -0.2) is 39.3 Å². The molecule has 0 saturated heterocycles. The van der Waals surface area contributed by atoms with Gasteiger partial charge in [-0.3, -0.25) is 10.1 Å². The maximum Gasteiger partial charge on any atom is 0.147 e. The molecule has 0 aromatic carbocycles. The van der Waals surface area contributed by atoms with Crippen LogP contribution < -0.4 is 5.32 Å². The fraction of sp³-hybridized carbons (Fsp3) is 0.625. The first-order valence-corrected chi connectivity index (χ1v) is 5.85. The largest absolute Gasteiger partial charge is 0.299 e. The summed E-state index contributed by atoms with van der Waals surface area (Å²) < 4.78 is 21.3. The molecule has 0 aliphatic rings. The van der Waals surface area contributed by atoms with Gasteiger partial charge in [0.1, 0.15) is 15.6 Å². The Morgan fingerprint density at radius 1 is 1.54 bits per heavy atom. The van der Waals surface area contributed by atoms with Gasteiger partial charge in [0.25, 0.3) is 0 Å². The minimum atomic E-state index is -3.04. The quantitative estimate of drug-likeness (QED) is 0.454. The van der Waals surface area contributed by atoms with Gasteiger partial charge in [-0.25, -0.2) is 8.42 Å². The maximum absolute atomic E-state index is 11.0. The van der Waals surface area contributed by atoms with Crippen molar-refractivity contribution < 1.29 is 13.2 Å². The topological polar surface area (TPSA) is 63.2 Å². The Kier molecular flexibility index (Phi) is 5.35. The van der Waals surface area contributed by atoms with Gasteiger partial charge < -0.3 is 0 Å². The van der Waals surface area contributed by atoms with E-state index in [1.54, 1.807) is 0 Å². The maximum atomic E-state index is 11.0. The van der Waals surface area contributed by atoms with Crippen molar-refractivity contribution in [3.05, 3.63) is 0 Å². The lowest BCUT2D eigenvalue weighted by atomic mass is 10.3. The molecule has 74 valence electrons. The number of rotatable bonds is 6. The zero-order valence-electron chi connectivity index (χ0n) is 7.54. The molecule has 1 N–H and O–H groups in total. The highest BCUT2D eigenvalue weighted by atomic mass is 32.2. The third kappa shape index (κ3) is 9.05. The Bertz CT molecular complexity index is 300. The van der Waals surface area contributed by atoms with Crippen molar-refractivity contribution in [2.24, 2.45) is 0 Å². The van der Waals surface area contributed by atoms with Crippen LogP contribution in [0.15, 0.2) is 0 Å². The second-order valence-corrected chi connectivity index (χ2v) is 4.99. The molecule has 0 rings (SSSR count). The molecule has 0 fully saturated rings. The van der Waals surface area contributed by atoms with Gasteiger partial charge in [-0.2, -0.15) is 0 Å². The number of carbonyl (C=O) groups excluding carboxylic acids is 1. The highest BCUT2D eigenvalue weighted by Gasteiger charge is 2.06. The number of Topliss-reactive ketones (excluding diaryl/α,β-unsaturated/α-hetero) is 1. The lowest BCUT2D eigenvalue weighted by molar-refractivity contribution is -0.117. The average Bonchev–Trinajstić information content (AvgIpc) is 2.00. The Balaban J connectivity index is 3.60. The number of carbonyl (C=O) groups is 1. The summed E-state index contributed by atoms with van der Waals surface area (Å²) in [6.45, 7) is 0.463. The molecular formula is C8H13NO3S. The molecule has 0 heterocycles. The predicted octanol–water partition coefficient (Wildman–Crippen LogP) is -0.787. The fourth-order valence-corrected chi connectivity index (χ4v) is 1.26. The third-order valence-corrected chi connectivity index (χ3v) is 2.25. The highest BCUT2D eigenvalue weighted by Crippen LogP contribution is 1.89. The molecule has 0 atom stereocenters. The Hall–Kier alpha value is -0.860. The summed E-state index contributed by atoms with van der Waals surface area (Å²) in [5.74, 6) is 2.08. The fourth-order valence-electron chi connectivity index (χ4n) is 0.662. The van der Waals surface area contributed by atoms with Crippen LogP contribution >= 0.6 is 0 Å². The summed E-state index contributed by atoms with van der Waals surface area (Å²) in [5, 5.41) is 2.69. The van der Waals surface area contributed by atoms with Crippen LogP contribution in [0.1, 0.15) is 6.42 Å². The number of sulfone groups is 1. The van der Waals surface area contributed by atoms with Crippen molar-refractivity contribution in [1.29, 1.82) is 0 Å². The van der Waals surface area contributed by atoms with Crippen molar-refractivity contribution >= 4 is 15.6 Å². The molecule has 5 heteroatoms. The van der Waals surface area contributed by atoms with Gasteiger partial charge in [0.2, 0.25) is 0 Å². The van der Waals surface area contributed by atoms with E-state index in [2.05, 4.69) is 11.2 Å². The van der Waals surface area contributed by atoms with E-state index in [9.17, 15) is 13.2 Å². The number of terminal acetylenes is 1. The average molecular weight is 203 g/mol. The Morgan fingerprint density at radius 2 is 2.15 bits per heavy atom. The van der Waals surface area contributed by atoms with Gasteiger partial charge in [-0.15, -0.1) is 6.42 Å². The molecule has 0 aliphatic heterocycles. The van der Waals surface area contributed by atoms with Crippen LogP contribution in [0.25, 0.3) is 0 Å². The molecule has 13 heavy (non-hydrogen) atoms. The van der Waals surface area contributed by atoms with Crippen molar-refractivity contribution in [3.8, 4) is 12.3 Å². The van der Waals surface area contributed by atoms with Crippen LogP contribution in [0.3, 0.4) is 0 Å². The normalized spacial score (nSPS) is 10.8. The summed E-state index contributed by atoms with van der Waals surface area (Å²) in [6.07, 6.45) is 6.10. The van der Waals surface area contributed by atoms with Crippen molar-refractivity contribution in [2.45, 2.75) is 6.42 Å². The summed E-state index contributed by atoms with van der Waals surface area (Å²) in [4.78, 5) is 11.0. The van der Waals surface area contributed by atoms with E-state index in [1.807, 2.05) is 0 Å². The SMILES string of the molecule is C#CCNCC(=O)CCS(C)(=O)=O. The predicted molar refractivity (Wildman–Crippen MR) is 51.0 cm³/mol. The summed E-state index contributed by atoms with van der Waals surface area (Å²) in [5.41, 5.74) is 0. The van der Waals surface area contributed by atoms with Gasteiger partial charge in [-0.05, 0) is 0 Å². The second kappa shape index (κ2) is 5.73. The van der Waals surface area contributed by atoms with Gasteiger partial charge >= 0.3 is 0 Å². The summed E-state index contributed by atoms with van der Waals surface area (Å²) >= 11 is 0. The molecule has 0 aromatic heterocycles. The minimum absolute atomic E-state index is 0.0520. The molecule has 0 radical (unpaired) electrons. The first kappa shape index (κ1) is 12.1. The molecule has 0 aliphatic carbocycles. The lowest BCUT2D eigenvalue weighted by Gasteiger charge is -1.99. The van der Waals surface area contributed by atoms with Gasteiger partial charge in [0.05, 0.1) is 18.8 Å². The van der Waals surface area contributed by atoms with E-state index in [-0.39, 0.29) is 24.5 Å². The van der Waals surface area contributed by atoms with Gasteiger partial charge in [0.15, 0.2) is 0 Å². The molecule has 0 spiro atoms. The third-order valence-electron chi connectivity index (χ3n) is 1.30. The van der Waals surface area contributed by atoms with Crippen molar-refractivity contribution in [3.63, 3.8) is 0 Å². The monoisotopic (exact) mass is 203 g/mol. The van der Waals surface area contributed by atoms with E-state index in [1.165, 1.54) is 0 Å². The standard InChI is InChI=1S/C8H13NO3S/c1-3-5-9-7-8(10)4-6-13(2,11)12/h1,9H,4-7H2,2H3. The second-order valence-electron chi connectivity index (χ2n) is 2.73. The zero-order chi connectivity index (χ0) is 10.3. The lowest BCUT2D eigenvalue weighted by Crippen LogP contribution is -2.24. The Morgan fingerprint density at radius 3 is 2.62 bits per heavy atom. The summed E-state index contributed by atoms with van der Waals surface area (Å²) in [6, 6.07) is 0. The molecule has 0 amide bonds. The van der Waals surface area contributed by atoms with Gasteiger partial charge in [0, 0.05) is 12.7 Å². The smallest absolute Gasteiger partial charge is 0.147 e. The number of nitrogens with one attached hydrogen (secondary N) is 1. The molecule has 0 unspecified atom stereocenters. The molecule has 4 nitrogen and oxygen atoms in total. The number of hydrogen-bond acceptors (Lipinski definition) is 4.